The molecule has 2 aliphatic rings. The third-order valence-corrected chi connectivity index (χ3v) is 9.89. The van der Waals surface area contributed by atoms with Crippen LogP contribution in [0.3, 0.4) is 0 Å². The number of benzene rings is 6. The maximum atomic E-state index is 5.23. The van der Waals surface area contributed by atoms with Crippen LogP contribution in [0.15, 0.2) is 156 Å². The number of para-hydroxylation sites is 1. The molecule has 0 N–H and O–H groups in total. The molecule has 1 aromatic heterocycles. The van der Waals surface area contributed by atoms with E-state index >= 15 is 0 Å². The summed E-state index contributed by atoms with van der Waals surface area (Å²) in [5, 5.41) is 2.55. The lowest BCUT2D eigenvalue weighted by atomic mass is 9.74. The van der Waals surface area contributed by atoms with Gasteiger partial charge in [-0.05, 0) is 63.6 Å². The molecule has 1 atom stereocenters. The monoisotopic (exact) mass is 605 g/mol. The number of hydrogen-bond donors (Lipinski definition) is 0. The van der Waals surface area contributed by atoms with Crippen LogP contribution in [0.5, 0.6) is 0 Å². The predicted molar refractivity (Wildman–Crippen MR) is 194 cm³/mol. The summed E-state index contributed by atoms with van der Waals surface area (Å²) in [7, 11) is 0. The second-order valence-corrected chi connectivity index (χ2v) is 13.0. The molecule has 0 amide bonds. The molecule has 4 heteroatoms. The average molecular weight is 606 g/mol. The highest BCUT2D eigenvalue weighted by molar-refractivity contribution is 6.13. The van der Waals surface area contributed by atoms with Crippen molar-refractivity contribution in [3.8, 4) is 16.8 Å². The normalized spacial score (nSPS) is 16.6. The van der Waals surface area contributed by atoms with Gasteiger partial charge in [0.1, 0.15) is 0 Å². The summed E-state index contributed by atoms with van der Waals surface area (Å²) in [6.07, 6.45) is -0.298. The Bertz CT molecular complexity index is 2430. The molecule has 6 aromatic carbocycles. The van der Waals surface area contributed by atoms with Gasteiger partial charge in [0.05, 0.1) is 29.0 Å². The predicted octanol–water partition coefficient (Wildman–Crippen LogP) is 9.71. The van der Waals surface area contributed by atoms with Gasteiger partial charge in [0.2, 0.25) is 6.17 Å². The zero-order chi connectivity index (χ0) is 31.7. The van der Waals surface area contributed by atoms with Crippen LogP contribution in [0.1, 0.15) is 47.8 Å². The standard InChI is InChI=1S/C43H33N4/c1-43(2)35-21-13-20-34-33-24-22-31(28-14-7-4-8-15-28)27-38(33)47(39(34)35)37-25-23-32(26-36(37)43)40-44-41(29-16-9-5-10-17-29)46(3)42(45-40)30-18-11-6-12-19-30/h4-27,41H,3H2,1-2H3/q+1. The molecule has 7 aromatic rings. The lowest BCUT2D eigenvalue weighted by Crippen LogP contribution is -2.31. The Kier molecular flexibility index (Phi) is 6.03. The maximum Gasteiger partial charge on any atom is 0.334 e. The smallest absolute Gasteiger partial charge is 0.309 e. The molecular formula is C43H33N4+. The maximum absolute atomic E-state index is 5.23. The second kappa shape index (κ2) is 10.3. The molecule has 4 nitrogen and oxygen atoms in total. The Morgan fingerprint density at radius 2 is 1.30 bits per heavy atom. The molecule has 0 saturated carbocycles. The van der Waals surface area contributed by atoms with Gasteiger partial charge in [-0.2, -0.15) is 4.99 Å². The summed E-state index contributed by atoms with van der Waals surface area (Å²) in [5.41, 5.74) is 11.6. The largest absolute Gasteiger partial charge is 0.334 e. The molecule has 0 aliphatic carbocycles. The number of amidine groups is 2. The van der Waals surface area contributed by atoms with Crippen molar-refractivity contribution >= 4 is 40.2 Å². The van der Waals surface area contributed by atoms with Gasteiger partial charge in [0.25, 0.3) is 5.84 Å². The van der Waals surface area contributed by atoms with Gasteiger partial charge in [-0.15, -0.1) is 0 Å². The molecule has 224 valence electrons. The fourth-order valence-corrected chi connectivity index (χ4v) is 7.48. The van der Waals surface area contributed by atoms with Crippen LogP contribution in [0, 0.1) is 0 Å². The van der Waals surface area contributed by atoms with E-state index in [1.165, 1.54) is 49.7 Å². The molecule has 9 rings (SSSR count). The van der Waals surface area contributed by atoms with Crippen LogP contribution in [0.25, 0.3) is 38.6 Å². The van der Waals surface area contributed by atoms with E-state index in [1.54, 1.807) is 0 Å². The first-order valence-electron chi connectivity index (χ1n) is 16.1. The Balaban J connectivity index is 1.26. The molecule has 2 aliphatic heterocycles. The van der Waals surface area contributed by atoms with Gasteiger partial charge in [0.15, 0.2) is 0 Å². The van der Waals surface area contributed by atoms with Crippen LogP contribution < -0.4 is 0 Å². The molecule has 0 fully saturated rings. The highest BCUT2D eigenvalue weighted by Crippen LogP contribution is 2.48. The molecule has 0 spiro atoms. The highest BCUT2D eigenvalue weighted by Gasteiger charge is 2.37. The zero-order valence-electron chi connectivity index (χ0n) is 26.4. The third kappa shape index (κ3) is 4.18. The minimum atomic E-state index is -0.298. The van der Waals surface area contributed by atoms with Gasteiger partial charge >= 0.3 is 5.84 Å². The molecule has 0 bridgehead atoms. The Morgan fingerprint density at radius 3 is 2.04 bits per heavy atom. The summed E-state index contributed by atoms with van der Waals surface area (Å²) in [5.74, 6) is 1.52. The van der Waals surface area contributed by atoms with E-state index in [2.05, 4.69) is 146 Å². The molecule has 0 radical (unpaired) electrons. The van der Waals surface area contributed by atoms with Gasteiger partial charge in [0, 0.05) is 27.3 Å². The van der Waals surface area contributed by atoms with Crippen molar-refractivity contribution in [2.75, 3.05) is 0 Å². The first-order valence-corrected chi connectivity index (χ1v) is 16.1. The Morgan fingerprint density at radius 1 is 0.617 bits per heavy atom. The van der Waals surface area contributed by atoms with Crippen molar-refractivity contribution in [1.29, 1.82) is 0 Å². The SMILES string of the molecule is C=[N+]1C(c2ccccc2)=NC(c2ccc3c(c2)C(C)(C)c2cccc4c5ccc(-c6ccccc6)cc5n-3c24)=NC1c1ccccc1. The first kappa shape index (κ1) is 27.4. The molecule has 1 unspecified atom stereocenters. The van der Waals surface area contributed by atoms with Crippen molar-refractivity contribution in [3.05, 3.63) is 173 Å². The van der Waals surface area contributed by atoms with E-state index in [9.17, 15) is 0 Å². The third-order valence-electron chi connectivity index (χ3n) is 9.89. The number of aliphatic imine (C=N–C) groups is 2. The highest BCUT2D eigenvalue weighted by atomic mass is 15.2. The lowest BCUT2D eigenvalue weighted by molar-refractivity contribution is -0.451. The number of fused-ring (bicyclic) bond motifs is 5. The van der Waals surface area contributed by atoms with Gasteiger partial charge in [-0.3, -0.25) is 0 Å². The molecule has 47 heavy (non-hydrogen) atoms. The van der Waals surface area contributed by atoms with Crippen molar-refractivity contribution < 1.29 is 4.58 Å². The van der Waals surface area contributed by atoms with Gasteiger partial charge in [-0.1, -0.05) is 123 Å². The number of nitrogens with zero attached hydrogens (tertiary/aromatic N) is 4. The van der Waals surface area contributed by atoms with Crippen LogP contribution >= 0.6 is 0 Å². The van der Waals surface area contributed by atoms with Crippen LogP contribution in [0.4, 0.5) is 0 Å². The van der Waals surface area contributed by atoms with E-state index in [4.69, 9.17) is 9.98 Å². The summed E-state index contributed by atoms with van der Waals surface area (Å²) in [4.78, 5) is 10.4. The first-order chi connectivity index (χ1) is 23.0. The van der Waals surface area contributed by atoms with Crippen LogP contribution in [-0.2, 0) is 5.41 Å². The summed E-state index contributed by atoms with van der Waals surface area (Å²) in [6, 6.07) is 51.7. The molecule has 3 heterocycles. The van der Waals surface area contributed by atoms with E-state index in [0.29, 0.717) is 5.84 Å². The summed E-state index contributed by atoms with van der Waals surface area (Å²) < 4.78 is 4.41. The van der Waals surface area contributed by atoms with Crippen molar-refractivity contribution in [1.82, 2.24) is 4.57 Å². The summed E-state index contributed by atoms with van der Waals surface area (Å²) >= 11 is 0. The van der Waals surface area contributed by atoms with E-state index < -0.39 is 0 Å². The minimum Gasteiger partial charge on any atom is -0.309 e. The van der Waals surface area contributed by atoms with Gasteiger partial charge in [-0.25, -0.2) is 4.58 Å². The number of hydrogen-bond acceptors (Lipinski definition) is 2. The number of aromatic nitrogens is 1. The average Bonchev–Trinajstić information content (AvgIpc) is 3.46. The van der Waals surface area contributed by atoms with E-state index in [-0.39, 0.29) is 11.6 Å². The Labute approximate surface area is 274 Å². The van der Waals surface area contributed by atoms with E-state index in [0.717, 1.165) is 22.5 Å². The van der Waals surface area contributed by atoms with Gasteiger partial charge < -0.3 is 4.57 Å². The fourth-order valence-electron chi connectivity index (χ4n) is 7.48. The molecule has 0 saturated heterocycles. The van der Waals surface area contributed by atoms with Crippen molar-refractivity contribution in [2.24, 2.45) is 9.98 Å². The molecular weight excluding hydrogens is 573 g/mol. The lowest BCUT2D eigenvalue weighted by Gasteiger charge is -2.35. The second-order valence-electron chi connectivity index (χ2n) is 13.0. The quantitative estimate of drug-likeness (QED) is 0.179. The fraction of sp³-hybridized carbons (Fsp3) is 0.0930. The van der Waals surface area contributed by atoms with Crippen molar-refractivity contribution in [2.45, 2.75) is 25.4 Å². The topological polar surface area (TPSA) is 32.7 Å². The summed E-state index contributed by atoms with van der Waals surface area (Å²) in [6.45, 7) is 9.11. The Hall–Kier alpha value is -5.87. The zero-order valence-corrected chi connectivity index (χ0v) is 26.4. The van der Waals surface area contributed by atoms with Crippen molar-refractivity contribution in [3.63, 3.8) is 0 Å². The minimum absolute atomic E-state index is 0.240. The van der Waals surface area contributed by atoms with Crippen LogP contribution in [-0.4, -0.2) is 27.5 Å². The van der Waals surface area contributed by atoms with E-state index in [1.807, 2.05) is 28.8 Å². The number of rotatable bonds is 4. The van der Waals surface area contributed by atoms with Crippen LogP contribution in [0.2, 0.25) is 0 Å².